The Morgan fingerprint density at radius 1 is 1.14 bits per heavy atom. The molecule has 0 unspecified atom stereocenters. The van der Waals surface area contributed by atoms with Crippen molar-refractivity contribution in [2.75, 3.05) is 32.8 Å². The first-order valence-electron chi connectivity index (χ1n) is 9.50. The van der Waals surface area contributed by atoms with E-state index < -0.39 is 0 Å². The molecule has 1 amide bonds. The molecular formula is C22H24N2O4. The summed E-state index contributed by atoms with van der Waals surface area (Å²) in [5.41, 5.74) is 0.273. The number of phenols is 1. The Balaban J connectivity index is 1.53. The number of furan rings is 1. The lowest BCUT2D eigenvalue weighted by Crippen LogP contribution is -2.43. The van der Waals surface area contributed by atoms with Gasteiger partial charge in [-0.05, 0) is 30.5 Å². The maximum Gasteiger partial charge on any atom is 0.255 e. The molecule has 1 atom stereocenters. The van der Waals surface area contributed by atoms with E-state index in [4.69, 9.17) is 9.15 Å². The van der Waals surface area contributed by atoms with Crippen molar-refractivity contribution in [2.45, 2.75) is 13.0 Å². The molecule has 2 aromatic carbocycles. The molecule has 0 spiro atoms. The Morgan fingerprint density at radius 3 is 2.68 bits per heavy atom. The number of amides is 1. The van der Waals surface area contributed by atoms with Gasteiger partial charge in [0.15, 0.2) is 0 Å². The average Bonchev–Trinajstić information content (AvgIpc) is 3.15. The highest BCUT2D eigenvalue weighted by Crippen LogP contribution is 2.29. The van der Waals surface area contributed by atoms with E-state index in [9.17, 15) is 9.90 Å². The van der Waals surface area contributed by atoms with Crippen LogP contribution in [0.4, 0.5) is 0 Å². The molecule has 2 heterocycles. The molecule has 1 saturated heterocycles. The molecule has 0 aliphatic carbocycles. The number of nitrogens with zero attached hydrogens (tertiary/aromatic N) is 1. The fourth-order valence-electron chi connectivity index (χ4n) is 3.65. The van der Waals surface area contributed by atoms with E-state index in [0.29, 0.717) is 25.1 Å². The predicted molar refractivity (Wildman–Crippen MR) is 107 cm³/mol. The molecule has 28 heavy (non-hydrogen) atoms. The number of ether oxygens (including phenoxy) is 1. The number of hydrogen-bond acceptors (Lipinski definition) is 5. The number of benzene rings is 2. The molecule has 1 aliphatic heterocycles. The van der Waals surface area contributed by atoms with Gasteiger partial charge in [-0.25, -0.2) is 0 Å². The second kappa shape index (κ2) is 8.04. The Hall–Kier alpha value is -2.83. The SMILES string of the molecule is Cc1ccc([C@@H](CNC(=O)c2ccc3ccccc3c2O)N2CCOCC2)o1. The molecule has 2 N–H and O–H groups in total. The highest BCUT2D eigenvalue weighted by atomic mass is 16.5. The minimum absolute atomic E-state index is 0.00682. The third kappa shape index (κ3) is 3.74. The van der Waals surface area contributed by atoms with Gasteiger partial charge in [0.05, 0.1) is 24.8 Å². The smallest absolute Gasteiger partial charge is 0.255 e. The number of rotatable bonds is 5. The number of morpholine rings is 1. The molecule has 0 radical (unpaired) electrons. The van der Waals surface area contributed by atoms with E-state index >= 15 is 0 Å². The number of nitrogens with one attached hydrogen (secondary N) is 1. The number of aryl methyl sites for hydroxylation is 1. The molecule has 1 aliphatic rings. The van der Waals surface area contributed by atoms with Crippen LogP contribution in [-0.4, -0.2) is 48.8 Å². The van der Waals surface area contributed by atoms with Gasteiger partial charge in [-0.1, -0.05) is 30.3 Å². The van der Waals surface area contributed by atoms with Crippen molar-refractivity contribution in [2.24, 2.45) is 0 Å². The van der Waals surface area contributed by atoms with Crippen molar-refractivity contribution in [3.63, 3.8) is 0 Å². The zero-order valence-electron chi connectivity index (χ0n) is 15.9. The summed E-state index contributed by atoms with van der Waals surface area (Å²) >= 11 is 0. The number of carbonyl (C=O) groups excluding carboxylic acids is 1. The molecule has 3 aromatic rings. The topological polar surface area (TPSA) is 74.9 Å². The van der Waals surface area contributed by atoms with Crippen LogP contribution >= 0.6 is 0 Å². The fraction of sp³-hybridized carbons (Fsp3) is 0.318. The minimum Gasteiger partial charge on any atom is -0.506 e. The van der Waals surface area contributed by atoms with E-state index in [-0.39, 0.29) is 23.3 Å². The number of aromatic hydroxyl groups is 1. The zero-order valence-corrected chi connectivity index (χ0v) is 15.9. The summed E-state index contributed by atoms with van der Waals surface area (Å²) in [6.07, 6.45) is 0. The van der Waals surface area contributed by atoms with Crippen LogP contribution in [0.1, 0.15) is 27.9 Å². The van der Waals surface area contributed by atoms with Gasteiger partial charge in [0, 0.05) is 25.0 Å². The lowest BCUT2D eigenvalue weighted by molar-refractivity contribution is 0.0117. The summed E-state index contributed by atoms with van der Waals surface area (Å²) in [5.74, 6) is 1.37. The van der Waals surface area contributed by atoms with Gasteiger partial charge in [-0.3, -0.25) is 9.69 Å². The van der Waals surface area contributed by atoms with E-state index in [1.165, 1.54) is 0 Å². The van der Waals surface area contributed by atoms with Crippen LogP contribution in [0.25, 0.3) is 10.8 Å². The Kier molecular flexibility index (Phi) is 5.32. The standard InChI is InChI=1S/C22H24N2O4/c1-15-6-9-20(28-15)19(24-10-12-27-13-11-24)14-23-22(26)18-8-7-16-4-2-3-5-17(16)21(18)25/h2-9,19,25H,10-14H2,1H3,(H,23,26)/t19-/m1/s1. The molecule has 4 rings (SSSR count). The first kappa shape index (κ1) is 18.5. The van der Waals surface area contributed by atoms with E-state index in [1.807, 2.05) is 49.4 Å². The average molecular weight is 380 g/mol. The Morgan fingerprint density at radius 2 is 1.93 bits per heavy atom. The second-order valence-electron chi connectivity index (χ2n) is 7.01. The van der Waals surface area contributed by atoms with Crippen molar-refractivity contribution in [3.8, 4) is 5.75 Å². The summed E-state index contributed by atoms with van der Waals surface area (Å²) in [4.78, 5) is 15.0. The van der Waals surface area contributed by atoms with E-state index in [1.54, 1.807) is 6.07 Å². The van der Waals surface area contributed by atoms with E-state index in [0.717, 1.165) is 30.0 Å². The molecule has 6 nitrogen and oxygen atoms in total. The monoisotopic (exact) mass is 380 g/mol. The molecule has 146 valence electrons. The van der Waals surface area contributed by atoms with Gasteiger partial charge < -0.3 is 19.6 Å². The third-order valence-corrected chi connectivity index (χ3v) is 5.18. The van der Waals surface area contributed by atoms with Crippen molar-refractivity contribution < 1.29 is 19.1 Å². The van der Waals surface area contributed by atoms with Gasteiger partial charge in [-0.15, -0.1) is 0 Å². The van der Waals surface area contributed by atoms with Gasteiger partial charge in [-0.2, -0.15) is 0 Å². The van der Waals surface area contributed by atoms with Crippen LogP contribution in [0, 0.1) is 6.92 Å². The summed E-state index contributed by atoms with van der Waals surface area (Å²) in [6.45, 7) is 5.18. The van der Waals surface area contributed by atoms with Crippen molar-refractivity contribution >= 4 is 16.7 Å². The van der Waals surface area contributed by atoms with Crippen LogP contribution in [0.15, 0.2) is 52.9 Å². The highest BCUT2D eigenvalue weighted by Gasteiger charge is 2.26. The zero-order chi connectivity index (χ0) is 19.5. The summed E-state index contributed by atoms with van der Waals surface area (Å²) < 4.78 is 11.3. The number of carbonyl (C=O) groups is 1. The number of hydrogen-bond donors (Lipinski definition) is 2. The van der Waals surface area contributed by atoms with Crippen LogP contribution in [-0.2, 0) is 4.74 Å². The van der Waals surface area contributed by atoms with Crippen LogP contribution < -0.4 is 5.32 Å². The van der Waals surface area contributed by atoms with Crippen LogP contribution in [0.3, 0.4) is 0 Å². The Bertz CT molecular complexity index is 976. The van der Waals surface area contributed by atoms with Crippen LogP contribution in [0.2, 0.25) is 0 Å². The maximum atomic E-state index is 12.8. The fourth-order valence-corrected chi connectivity index (χ4v) is 3.65. The third-order valence-electron chi connectivity index (χ3n) is 5.18. The largest absolute Gasteiger partial charge is 0.506 e. The molecule has 0 bridgehead atoms. The summed E-state index contributed by atoms with van der Waals surface area (Å²) in [6, 6.07) is 14.8. The normalized spacial score (nSPS) is 16.2. The molecule has 1 aromatic heterocycles. The number of phenolic OH excluding ortho intramolecular Hbond substituents is 1. The highest BCUT2D eigenvalue weighted by molar-refractivity contribution is 6.03. The van der Waals surface area contributed by atoms with Gasteiger partial charge in [0.2, 0.25) is 0 Å². The van der Waals surface area contributed by atoms with Crippen LogP contribution in [0.5, 0.6) is 5.75 Å². The molecule has 1 fully saturated rings. The second-order valence-corrected chi connectivity index (χ2v) is 7.01. The summed E-state index contributed by atoms with van der Waals surface area (Å²) in [5, 5.41) is 15.1. The summed E-state index contributed by atoms with van der Waals surface area (Å²) in [7, 11) is 0. The lowest BCUT2D eigenvalue weighted by Gasteiger charge is -2.33. The van der Waals surface area contributed by atoms with Crippen molar-refractivity contribution in [3.05, 3.63) is 65.6 Å². The van der Waals surface area contributed by atoms with E-state index in [2.05, 4.69) is 10.2 Å². The molecule has 6 heteroatoms. The minimum atomic E-state index is -0.301. The first-order valence-corrected chi connectivity index (χ1v) is 9.50. The van der Waals surface area contributed by atoms with Gasteiger partial charge in [0.1, 0.15) is 17.3 Å². The molecule has 0 saturated carbocycles. The van der Waals surface area contributed by atoms with Crippen molar-refractivity contribution in [1.82, 2.24) is 10.2 Å². The van der Waals surface area contributed by atoms with Crippen molar-refractivity contribution in [1.29, 1.82) is 0 Å². The number of fused-ring (bicyclic) bond motifs is 1. The predicted octanol–water partition coefficient (Wildman–Crippen LogP) is 3.25. The lowest BCUT2D eigenvalue weighted by atomic mass is 10.0. The molecular weight excluding hydrogens is 356 g/mol. The van der Waals surface area contributed by atoms with Gasteiger partial charge in [0.25, 0.3) is 5.91 Å². The van der Waals surface area contributed by atoms with Gasteiger partial charge >= 0.3 is 0 Å². The maximum absolute atomic E-state index is 12.8. The quantitative estimate of drug-likeness (QED) is 0.711. The first-order chi connectivity index (χ1) is 13.6. The Labute approximate surface area is 163 Å².